The van der Waals surface area contributed by atoms with Gasteiger partial charge in [-0.2, -0.15) is 29.5 Å². The number of benzene rings is 1. The van der Waals surface area contributed by atoms with Crippen LogP contribution in [0.15, 0.2) is 53.4 Å². The molecule has 2 aromatic heterocycles. The van der Waals surface area contributed by atoms with Gasteiger partial charge in [0.15, 0.2) is 5.69 Å². The second-order valence-corrected chi connectivity index (χ2v) is 5.59. The second kappa shape index (κ2) is 6.89. The molecule has 3 rings (SSSR count). The number of rotatable bonds is 4. The molecule has 128 valence electrons. The van der Waals surface area contributed by atoms with Gasteiger partial charge in [-0.1, -0.05) is 0 Å². The van der Waals surface area contributed by atoms with Crippen molar-refractivity contribution in [1.29, 1.82) is 0 Å². The van der Waals surface area contributed by atoms with Gasteiger partial charge in [0, 0.05) is 17.3 Å². The Morgan fingerprint density at radius 1 is 1.12 bits per heavy atom. The highest BCUT2D eigenvalue weighted by Gasteiger charge is 2.33. The first-order chi connectivity index (χ1) is 11.9. The second-order valence-electron chi connectivity index (χ2n) is 4.81. The molecule has 0 radical (unpaired) electrons. The number of thiophene rings is 1. The molecule has 5 nitrogen and oxygen atoms in total. The fraction of sp³-hybridized carbons (Fsp3) is 0.0625. The summed E-state index contributed by atoms with van der Waals surface area (Å²) in [6.45, 7) is 0. The van der Waals surface area contributed by atoms with Gasteiger partial charge in [-0.3, -0.25) is 4.79 Å². The van der Waals surface area contributed by atoms with Gasteiger partial charge in [-0.15, -0.1) is 0 Å². The molecule has 3 aromatic rings. The number of nitrogens with zero attached hydrogens (tertiary/aromatic N) is 2. The van der Waals surface area contributed by atoms with Crippen molar-refractivity contribution in [3.8, 4) is 11.8 Å². The monoisotopic (exact) mass is 365 g/mol. The molecule has 2 heterocycles. The van der Waals surface area contributed by atoms with Crippen molar-refractivity contribution in [3.63, 3.8) is 0 Å². The lowest BCUT2D eigenvalue weighted by atomic mass is 10.2. The van der Waals surface area contributed by atoms with E-state index >= 15 is 0 Å². The minimum Gasteiger partial charge on any atom is -0.424 e. The molecule has 1 N–H and O–H groups in total. The van der Waals surface area contributed by atoms with E-state index in [1.54, 1.807) is 29.0 Å². The molecule has 9 heteroatoms. The van der Waals surface area contributed by atoms with Crippen molar-refractivity contribution in [2.75, 3.05) is 5.32 Å². The van der Waals surface area contributed by atoms with E-state index in [1.165, 1.54) is 23.5 Å². The molecule has 1 aromatic carbocycles. The number of halogens is 3. The Morgan fingerprint density at radius 2 is 1.88 bits per heavy atom. The van der Waals surface area contributed by atoms with E-state index in [2.05, 4.69) is 15.3 Å². The molecule has 0 saturated carbocycles. The number of alkyl halides is 3. The van der Waals surface area contributed by atoms with E-state index in [0.29, 0.717) is 11.3 Å². The summed E-state index contributed by atoms with van der Waals surface area (Å²) in [4.78, 5) is 18.9. The molecule has 0 atom stereocenters. The predicted octanol–water partition coefficient (Wildman–Crippen LogP) is 4.60. The molecule has 0 bridgehead atoms. The molecular weight excluding hydrogens is 355 g/mol. The van der Waals surface area contributed by atoms with Gasteiger partial charge in [0.2, 0.25) is 0 Å². The summed E-state index contributed by atoms with van der Waals surface area (Å²) in [5.41, 5.74) is -0.0200. The molecule has 0 aliphatic carbocycles. The number of ether oxygens (including phenoxy) is 1. The van der Waals surface area contributed by atoms with E-state index in [0.717, 1.165) is 12.3 Å². The molecule has 0 unspecified atom stereocenters. The Balaban J connectivity index is 1.68. The minimum atomic E-state index is -4.57. The van der Waals surface area contributed by atoms with Crippen LogP contribution in [0.5, 0.6) is 11.8 Å². The average Bonchev–Trinajstić information content (AvgIpc) is 3.11. The van der Waals surface area contributed by atoms with Crippen LogP contribution < -0.4 is 10.1 Å². The fourth-order valence-corrected chi connectivity index (χ4v) is 2.49. The van der Waals surface area contributed by atoms with E-state index in [4.69, 9.17) is 4.74 Å². The number of anilines is 1. The lowest BCUT2D eigenvalue weighted by molar-refractivity contribution is -0.141. The summed E-state index contributed by atoms with van der Waals surface area (Å²) in [6, 6.07) is 8.16. The smallest absolute Gasteiger partial charge is 0.424 e. The number of aromatic nitrogens is 2. The predicted molar refractivity (Wildman–Crippen MR) is 85.8 cm³/mol. The fourth-order valence-electron chi connectivity index (χ4n) is 1.86. The van der Waals surface area contributed by atoms with Gasteiger partial charge in [-0.05, 0) is 41.8 Å². The average molecular weight is 365 g/mol. The zero-order valence-electron chi connectivity index (χ0n) is 12.4. The van der Waals surface area contributed by atoms with Gasteiger partial charge in [0.25, 0.3) is 5.91 Å². The van der Waals surface area contributed by atoms with Crippen LogP contribution in [0.25, 0.3) is 0 Å². The maximum Gasteiger partial charge on any atom is 0.433 e. The van der Waals surface area contributed by atoms with Gasteiger partial charge in [0.1, 0.15) is 5.75 Å². The highest BCUT2D eigenvalue weighted by atomic mass is 32.1. The SMILES string of the molecule is O=C(Nc1ccc(Oc2nccc(C(F)(F)F)n2)cc1)c1ccsc1. The van der Waals surface area contributed by atoms with Crippen LogP contribution in [-0.2, 0) is 6.18 Å². The van der Waals surface area contributed by atoms with E-state index in [-0.39, 0.29) is 11.7 Å². The Labute approximate surface area is 144 Å². The third-order valence-corrected chi connectivity index (χ3v) is 3.71. The number of carbonyl (C=O) groups is 1. The van der Waals surface area contributed by atoms with Crippen molar-refractivity contribution >= 4 is 22.9 Å². The summed E-state index contributed by atoms with van der Waals surface area (Å²) in [5.74, 6) is -0.0102. The molecule has 25 heavy (non-hydrogen) atoms. The molecule has 1 amide bonds. The number of amides is 1. The van der Waals surface area contributed by atoms with Crippen molar-refractivity contribution in [2.45, 2.75) is 6.18 Å². The quantitative estimate of drug-likeness (QED) is 0.734. The first-order valence-electron chi connectivity index (χ1n) is 6.93. The van der Waals surface area contributed by atoms with Crippen LogP contribution in [0.1, 0.15) is 16.1 Å². The zero-order chi connectivity index (χ0) is 17.9. The van der Waals surface area contributed by atoms with Crippen molar-refractivity contribution in [3.05, 3.63) is 64.6 Å². The summed E-state index contributed by atoms with van der Waals surface area (Å²) in [6.07, 6.45) is -3.60. The number of hydrogen-bond acceptors (Lipinski definition) is 5. The number of hydrogen-bond donors (Lipinski definition) is 1. The van der Waals surface area contributed by atoms with Crippen LogP contribution in [0.4, 0.5) is 18.9 Å². The van der Waals surface area contributed by atoms with Crippen molar-refractivity contribution in [2.24, 2.45) is 0 Å². The van der Waals surface area contributed by atoms with Gasteiger partial charge < -0.3 is 10.1 Å². The molecular formula is C16H10F3N3O2S. The molecule has 0 saturated heterocycles. The van der Waals surface area contributed by atoms with E-state index in [1.807, 2.05) is 0 Å². The van der Waals surface area contributed by atoms with Crippen LogP contribution in [0.2, 0.25) is 0 Å². The van der Waals surface area contributed by atoms with E-state index < -0.39 is 17.9 Å². The Kier molecular flexibility index (Phi) is 4.66. The van der Waals surface area contributed by atoms with Crippen LogP contribution in [-0.4, -0.2) is 15.9 Å². The lowest BCUT2D eigenvalue weighted by Crippen LogP contribution is -2.10. The normalized spacial score (nSPS) is 11.2. The summed E-state index contributed by atoms with van der Waals surface area (Å²) in [5, 5.41) is 6.21. The highest BCUT2D eigenvalue weighted by Crippen LogP contribution is 2.29. The van der Waals surface area contributed by atoms with Crippen LogP contribution >= 0.6 is 11.3 Å². The minimum absolute atomic E-state index is 0.243. The number of nitrogens with one attached hydrogen (secondary N) is 1. The van der Waals surface area contributed by atoms with Crippen molar-refractivity contribution < 1.29 is 22.7 Å². The molecule has 0 spiro atoms. The van der Waals surface area contributed by atoms with Crippen molar-refractivity contribution in [1.82, 2.24) is 9.97 Å². The first kappa shape index (κ1) is 16.9. The zero-order valence-corrected chi connectivity index (χ0v) is 13.3. The lowest BCUT2D eigenvalue weighted by Gasteiger charge is -2.08. The summed E-state index contributed by atoms with van der Waals surface area (Å²) in [7, 11) is 0. The highest BCUT2D eigenvalue weighted by molar-refractivity contribution is 7.08. The van der Waals surface area contributed by atoms with Crippen LogP contribution in [0, 0.1) is 0 Å². The molecule has 0 aliphatic heterocycles. The first-order valence-corrected chi connectivity index (χ1v) is 7.88. The summed E-state index contributed by atoms with van der Waals surface area (Å²) >= 11 is 1.41. The Hall–Kier alpha value is -2.94. The Bertz CT molecular complexity index is 865. The maximum absolute atomic E-state index is 12.6. The van der Waals surface area contributed by atoms with Gasteiger partial charge in [0.05, 0.1) is 5.56 Å². The third kappa shape index (κ3) is 4.32. The summed E-state index contributed by atoms with van der Waals surface area (Å²) < 4.78 is 43.0. The standard InChI is InChI=1S/C16H10F3N3O2S/c17-16(18,19)13-5-7-20-15(22-13)24-12-3-1-11(2-4-12)21-14(23)10-6-8-25-9-10/h1-9H,(H,21,23). The number of carbonyl (C=O) groups excluding carboxylic acids is 1. The third-order valence-electron chi connectivity index (χ3n) is 3.03. The van der Waals surface area contributed by atoms with E-state index in [9.17, 15) is 18.0 Å². The van der Waals surface area contributed by atoms with Gasteiger partial charge in [-0.25, -0.2) is 4.98 Å². The molecule has 0 fully saturated rings. The molecule has 0 aliphatic rings. The largest absolute Gasteiger partial charge is 0.433 e. The van der Waals surface area contributed by atoms with Gasteiger partial charge >= 0.3 is 12.2 Å². The maximum atomic E-state index is 12.6. The Morgan fingerprint density at radius 3 is 2.52 bits per heavy atom. The topological polar surface area (TPSA) is 64.1 Å². The van der Waals surface area contributed by atoms with Crippen LogP contribution in [0.3, 0.4) is 0 Å².